The summed E-state index contributed by atoms with van der Waals surface area (Å²) in [7, 11) is 0. The predicted octanol–water partition coefficient (Wildman–Crippen LogP) is 0.668. The number of H-pyrrole nitrogens is 1. The van der Waals surface area contributed by atoms with Gasteiger partial charge in [0.2, 0.25) is 5.95 Å². The van der Waals surface area contributed by atoms with Crippen LogP contribution >= 0.6 is 11.3 Å². The van der Waals surface area contributed by atoms with Crippen LogP contribution in [0.3, 0.4) is 0 Å². The van der Waals surface area contributed by atoms with Crippen molar-refractivity contribution in [2.45, 2.75) is 0 Å². The van der Waals surface area contributed by atoms with E-state index < -0.39 is 17.1 Å². The number of thiazole rings is 1. The lowest BCUT2D eigenvalue weighted by Crippen LogP contribution is -2.19. The van der Waals surface area contributed by atoms with Gasteiger partial charge in [-0.1, -0.05) is 0 Å². The molecule has 0 radical (unpaired) electrons. The molecule has 0 saturated heterocycles. The second-order valence-corrected chi connectivity index (χ2v) is 3.64. The van der Waals surface area contributed by atoms with Gasteiger partial charge in [-0.15, -0.1) is 11.3 Å². The van der Waals surface area contributed by atoms with Crippen molar-refractivity contribution >= 4 is 28.4 Å². The van der Waals surface area contributed by atoms with Crippen LogP contribution in [0.15, 0.2) is 22.6 Å². The Morgan fingerprint density at radius 2 is 2.31 bits per heavy atom. The molecule has 0 aliphatic carbocycles. The Morgan fingerprint density at radius 3 is 2.88 bits per heavy atom. The smallest absolute Gasteiger partial charge is 0.342 e. The SMILES string of the molecule is O=C(O)c1cnc(Nc2nccs2)[nH]c1=O. The predicted molar refractivity (Wildman–Crippen MR) is 57.2 cm³/mol. The molecule has 2 rings (SSSR count). The van der Waals surface area contributed by atoms with E-state index in [2.05, 4.69) is 20.3 Å². The summed E-state index contributed by atoms with van der Waals surface area (Å²) in [6.45, 7) is 0. The van der Waals surface area contributed by atoms with Gasteiger partial charge in [0.15, 0.2) is 5.13 Å². The first kappa shape index (κ1) is 10.3. The monoisotopic (exact) mass is 238 g/mol. The molecule has 0 atom stereocenters. The fourth-order valence-corrected chi connectivity index (χ4v) is 1.53. The van der Waals surface area contributed by atoms with Gasteiger partial charge in [0.1, 0.15) is 5.56 Å². The standard InChI is InChI=1S/C8H6N4O3S/c13-5-4(6(14)15)3-10-7(11-5)12-8-9-1-2-16-8/h1-3H,(H,14,15)(H2,9,10,11,12,13). The summed E-state index contributed by atoms with van der Waals surface area (Å²) in [5.74, 6) is -1.15. The Morgan fingerprint density at radius 1 is 1.50 bits per heavy atom. The van der Waals surface area contributed by atoms with Crippen molar-refractivity contribution in [3.63, 3.8) is 0 Å². The van der Waals surface area contributed by atoms with E-state index in [1.54, 1.807) is 11.6 Å². The first-order chi connectivity index (χ1) is 7.66. The zero-order valence-electron chi connectivity index (χ0n) is 7.80. The zero-order chi connectivity index (χ0) is 11.5. The van der Waals surface area contributed by atoms with Gasteiger partial charge in [0.05, 0.1) is 6.20 Å². The van der Waals surface area contributed by atoms with Crippen molar-refractivity contribution in [1.82, 2.24) is 15.0 Å². The van der Waals surface area contributed by atoms with Crippen LogP contribution in [0.4, 0.5) is 11.1 Å². The summed E-state index contributed by atoms with van der Waals surface area (Å²) in [4.78, 5) is 31.8. The van der Waals surface area contributed by atoms with Crippen LogP contribution in [0.2, 0.25) is 0 Å². The summed E-state index contributed by atoms with van der Waals surface area (Å²) >= 11 is 1.33. The van der Waals surface area contributed by atoms with E-state index >= 15 is 0 Å². The number of carboxylic acids is 1. The van der Waals surface area contributed by atoms with Crippen molar-refractivity contribution in [3.05, 3.63) is 33.7 Å². The number of aromatic amines is 1. The van der Waals surface area contributed by atoms with E-state index in [-0.39, 0.29) is 5.95 Å². The van der Waals surface area contributed by atoms with Crippen LogP contribution in [0.5, 0.6) is 0 Å². The lowest BCUT2D eigenvalue weighted by molar-refractivity contribution is 0.0694. The lowest BCUT2D eigenvalue weighted by Gasteiger charge is -2.00. The highest BCUT2D eigenvalue weighted by molar-refractivity contribution is 7.13. The molecule has 0 saturated carbocycles. The second kappa shape index (κ2) is 4.11. The molecule has 0 aliphatic heterocycles. The molecule has 7 nitrogen and oxygen atoms in total. The molecule has 0 aromatic carbocycles. The average Bonchev–Trinajstić information content (AvgIpc) is 2.70. The third-order valence-corrected chi connectivity index (χ3v) is 2.38. The van der Waals surface area contributed by atoms with Crippen LogP contribution in [0.25, 0.3) is 0 Å². The maximum absolute atomic E-state index is 11.3. The number of hydrogen-bond acceptors (Lipinski definition) is 6. The zero-order valence-corrected chi connectivity index (χ0v) is 8.61. The highest BCUT2D eigenvalue weighted by Crippen LogP contribution is 2.13. The number of rotatable bonds is 3. The molecule has 0 amide bonds. The minimum Gasteiger partial charge on any atom is -0.477 e. The molecule has 0 aliphatic rings. The van der Waals surface area contributed by atoms with E-state index in [4.69, 9.17) is 5.11 Å². The Bertz CT molecular complexity index is 563. The average molecular weight is 238 g/mol. The van der Waals surface area contributed by atoms with E-state index in [1.165, 1.54) is 11.3 Å². The molecule has 2 aromatic heterocycles. The van der Waals surface area contributed by atoms with Gasteiger partial charge in [0, 0.05) is 11.6 Å². The van der Waals surface area contributed by atoms with E-state index in [0.29, 0.717) is 5.13 Å². The molecule has 0 bridgehead atoms. The topological polar surface area (TPSA) is 108 Å². The van der Waals surface area contributed by atoms with Gasteiger partial charge in [-0.05, 0) is 0 Å². The minimum atomic E-state index is -1.31. The molecular weight excluding hydrogens is 232 g/mol. The molecule has 2 aromatic rings. The van der Waals surface area contributed by atoms with E-state index in [1.807, 2.05) is 0 Å². The molecule has 8 heteroatoms. The maximum atomic E-state index is 11.3. The number of aromatic nitrogens is 3. The van der Waals surface area contributed by atoms with Crippen molar-refractivity contribution in [2.24, 2.45) is 0 Å². The molecular formula is C8H6N4O3S. The first-order valence-corrected chi connectivity index (χ1v) is 5.04. The van der Waals surface area contributed by atoms with E-state index in [9.17, 15) is 9.59 Å². The number of nitrogens with zero attached hydrogens (tertiary/aromatic N) is 2. The van der Waals surface area contributed by atoms with Gasteiger partial charge < -0.3 is 10.4 Å². The van der Waals surface area contributed by atoms with Crippen LogP contribution in [-0.4, -0.2) is 26.0 Å². The van der Waals surface area contributed by atoms with Crippen molar-refractivity contribution in [3.8, 4) is 0 Å². The number of nitrogens with one attached hydrogen (secondary N) is 2. The van der Waals surface area contributed by atoms with Gasteiger partial charge in [-0.2, -0.15) is 0 Å². The fraction of sp³-hybridized carbons (Fsp3) is 0. The largest absolute Gasteiger partial charge is 0.477 e. The van der Waals surface area contributed by atoms with Crippen molar-refractivity contribution in [2.75, 3.05) is 5.32 Å². The van der Waals surface area contributed by atoms with Crippen molar-refractivity contribution in [1.29, 1.82) is 0 Å². The number of aromatic carboxylic acids is 1. The first-order valence-electron chi connectivity index (χ1n) is 4.16. The summed E-state index contributed by atoms with van der Waals surface area (Å²) in [6, 6.07) is 0. The fourth-order valence-electron chi connectivity index (χ4n) is 0.997. The normalized spacial score (nSPS) is 10.0. The highest BCUT2D eigenvalue weighted by Gasteiger charge is 2.09. The van der Waals surface area contributed by atoms with Crippen LogP contribution < -0.4 is 10.9 Å². The molecule has 82 valence electrons. The molecule has 0 spiro atoms. The van der Waals surface area contributed by atoms with E-state index in [0.717, 1.165) is 6.20 Å². The third kappa shape index (κ3) is 2.06. The lowest BCUT2D eigenvalue weighted by atomic mass is 10.3. The number of anilines is 2. The summed E-state index contributed by atoms with van der Waals surface area (Å²) in [6.07, 6.45) is 2.59. The number of hydrogen-bond donors (Lipinski definition) is 3. The van der Waals surface area contributed by atoms with Crippen LogP contribution in [0.1, 0.15) is 10.4 Å². The number of carbonyl (C=O) groups is 1. The van der Waals surface area contributed by atoms with Crippen molar-refractivity contribution < 1.29 is 9.90 Å². The second-order valence-electron chi connectivity index (χ2n) is 2.74. The summed E-state index contributed by atoms with van der Waals surface area (Å²) in [5.41, 5.74) is -1.11. The quantitative estimate of drug-likeness (QED) is 0.725. The van der Waals surface area contributed by atoms with Gasteiger partial charge >= 0.3 is 5.97 Å². The molecule has 3 N–H and O–H groups in total. The van der Waals surface area contributed by atoms with Crippen LogP contribution in [-0.2, 0) is 0 Å². The number of carboxylic acid groups (broad SMARTS) is 1. The van der Waals surface area contributed by atoms with Gasteiger partial charge in [-0.3, -0.25) is 9.78 Å². The maximum Gasteiger partial charge on any atom is 0.342 e. The Balaban J connectivity index is 2.28. The molecule has 16 heavy (non-hydrogen) atoms. The Kier molecular flexibility index (Phi) is 2.64. The molecule has 0 fully saturated rings. The Labute approximate surface area is 92.8 Å². The molecule has 2 heterocycles. The summed E-state index contributed by atoms with van der Waals surface area (Å²) in [5, 5.41) is 13.7. The van der Waals surface area contributed by atoms with Gasteiger partial charge in [0.25, 0.3) is 5.56 Å². The third-order valence-electron chi connectivity index (χ3n) is 1.69. The van der Waals surface area contributed by atoms with Gasteiger partial charge in [-0.25, -0.2) is 14.8 Å². The Hall–Kier alpha value is -2.22. The molecule has 0 unspecified atom stereocenters. The van der Waals surface area contributed by atoms with Crippen LogP contribution in [0, 0.1) is 0 Å². The summed E-state index contributed by atoms with van der Waals surface area (Å²) < 4.78 is 0. The minimum absolute atomic E-state index is 0.157. The highest BCUT2D eigenvalue weighted by atomic mass is 32.1.